The number of amides is 1. The number of hydrogen-bond acceptors (Lipinski definition) is 4. The number of aryl methyl sites for hydroxylation is 1. The Morgan fingerprint density at radius 3 is 2.61 bits per heavy atom. The summed E-state index contributed by atoms with van der Waals surface area (Å²) in [5.41, 5.74) is 1.48. The number of benzene rings is 1. The van der Waals surface area contributed by atoms with Gasteiger partial charge in [0.2, 0.25) is 5.91 Å². The van der Waals surface area contributed by atoms with Crippen LogP contribution in [0.3, 0.4) is 0 Å². The molecular formula is C12H17N3O3. The lowest BCUT2D eigenvalue weighted by atomic mass is 10.2. The zero-order valence-corrected chi connectivity index (χ0v) is 10.8. The third-order valence-electron chi connectivity index (χ3n) is 2.56. The predicted molar refractivity (Wildman–Crippen MR) is 69.6 cm³/mol. The van der Waals surface area contributed by atoms with E-state index in [-0.39, 0.29) is 11.6 Å². The van der Waals surface area contributed by atoms with Gasteiger partial charge in [0.25, 0.3) is 5.69 Å². The zero-order valence-electron chi connectivity index (χ0n) is 10.8. The number of nitrogens with zero attached hydrogens (tertiary/aromatic N) is 2. The van der Waals surface area contributed by atoms with Gasteiger partial charge in [0.15, 0.2) is 0 Å². The molecule has 0 atom stereocenters. The molecule has 1 aromatic carbocycles. The molecule has 1 aromatic rings. The van der Waals surface area contributed by atoms with Crippen molar-refractivity contribution >= 4 is 17.3 Å². The Morgan fingerprint density at radius 1 is 1.44 bits per heavy atom. The van der Waals surface area contributed by atoms with E-state index in [4.69, 9.17) is 0 Å². The first-order valence-electron chi connectivity index (χ1n) is 5.61. The highest BCUT2D eigenvalue weighted by atomic mass is 16.6. The topological polar surface area (TPSA) is 75.5 Å². The number of nitro benzene ring substituents is 1. The fraction of sp³-hybridized carbons (Fsp3) is 0.417. The summed E-state index contributed by atoms with van der Waals surface area (Å²) in [7, 11) is 3.41. The first-order chi connectivity index (χ1) is 8.41. The van der Waals surface area contributed by atoms with Gasteiger partial charge < -0.3 is 10.2 Å². The molecule has 1 rings (SSSR count). The van der Waals surface area contributed by atoms with Gasteiger partial charge >= 0.3 is 0 Å². The molecule has 0 aliphatic rings. The monoisotopic (exact) mass is 251 g/mol. The Morgan fingerprint density at radius 2 is 2.11 bits per heavy atom. The lowest BCUT2D eigenvalue weighted by Gasteiger charge is -2.11. The van der Waals surface area contributed by atoms with E-state index in [1.807, 2.05) is 0 Å². The second-order valence-corrected chi connectivity index (χ2v) is 4.22. The van der Waals surface area contributed by atoms with E-state index in [1.165, 1.54) is 11.0 Å². The summed E-state index contributed by atoms with van der Waals surface area (Å²) in [6, 6.07) is 4.81. The van der Waals surface area contributed by atoms with Crippen LogP contribution in [-0.2, 0) is 4.79 Å². The van der Waals surface area contributed by atoms with Crippen LogP contribution < -0.4 is 5.32 Å². The van der Waals surface area contributed by atoms with Gasteiger partial charge in [-0.25, -0.2) is 0 Å². The highest BCUT2D eigenvalue weighted by molar-refractivity contribution is 5.76. The Kier molecular flexibility index (Phi) is 4.65. The number of rotatable bonds is 5. The highest BCUT2D eigenvalue weighted by Crippen LogP contribution is 2.21. The molecular weight excluding hydrogens is 234 g/mol. The molecule has 98 valence electrons. The Bertz CT molecular complexity index is 458. The van der Waals surface area contributed by atoms with Crippen LogP contribution in [0.15, 0.2) is 18.2 Å². The van der Waals surface area contributed by atoms with Crippen molar-refractivity contribution in [3.05, 3.63) is 33.9 Å². The predicted octanol–water partition coefficient (Wildman–Crippen LogP) is 1.79. The summed E-state index contributed by atoms with van der Waals surface area (Å²) >= 11 is 0. The van der Waals surface area contributed by atoms with Gasteiger partial charge in [-0.05, 0) is 19.1 Å². The molecule has 0 saturated carbocycles. The molecule has 0 heterocycles. The van der Waals surface area contributed by atoms with Crippen molar-refractivity contribution in [3.63, 3.8) is 0 Å². The smallest absolute Gasteiger partial charge is 0.272 e. The second-order valence-electron chi connectivity index (χ2n) is 4.22. The molecule has 18 heavy (non-hydrogen) atoms. The van der Waals surface area contributed by atoms with Crippen molar-refractivity contribution in [2.24, 2.45) is 0 Å². The number of hydrogen-bond donors (Lipinski definition) is 1. The minimum absolute atomic E-state index is 0.0427. The first-order valence-corrected chi connectivity index (χ1v) is 5.61. The SMILES string of the molecule is Cc1cc(NCCC(=O)N(C)C)ccc1[N+](=O)[O-]. The average Bonchev–Trinajstić information content (AvgIpc) is 2.28. The van der Waals surface area contributed by atoms with Crippen molar-refractivity contribution in [1.29, 1.82) is 0 Å². The summed E-state index contributed by atoms with van der Waals surface area (Å²) in [5.74, 6) is 0.0427. The Hall–Kier alpha value is -2.11. The standard InChI is InChI=1S/C12H17N3O3/c1-9-8-10(4-5-11(9)15(17)18)13-7-6-12(16)14(2)3/h4-5,8,13H,6-7H2,1-3H3. The molecule has 0 saturated heterocycles. The number of carbonyl (C=O) groups is 1. The molecule has 0 aliphatic heterocycles. The fourth-order valence-electron chi connectivity index (χ4n) is 1.51. The van der Waals surface area contributed by atoms with E-state index < -0.39 is 4.92 Å². The van der Waals surface area contributed by atoms with Crippen LogP contribution in [0.4, 0.5) is 11.4 Å². The van der Waals surface area contributed by atoms with Crippen molar-refractivity contribution in [3.8, 4) is 0 Å². The fourth-order valence-corrected chi connectivity index (χ4v) is 1.51. The Labute approximate surface area is 106 Å². The molecule has 1 amide bonds. The van der Waals surface area contributed by atoms with Gasteiger partial charge in [-0.15, -0.1) is 0 Å². The van der Waals surface area contributed by atoms with Crippen LogP contribution >= 0.6 is 0 Å². The van der Waals surface area contributed by atoms with Crippen LogP contribution in [0.2, 0.25) is 0 Å². The maximum Gasteiger partial charge on any atom is 0.272 e. The molecule has 0 aliphatic carbocycles. The van der Waals surface area contributed by atoms with Gasteiger partial charge in [0.05, 0.1) is 4.92 Å². The lowest BCUT2D eigenvalue weighted by Crippen LogP contribution is -2.23. The number of nitrogens with one attached hydrogen (secondary N) is 1. The van der Waals surface area contributed by atoms with Crippen LogP contribution in [-0.4, -0.2) is 36.4 Å². The number of nitro groups is 1. The largest absolute Gasteiger partial charge is 0.385 e. The van der Waals surface area contributed by atoms with E-state index in [1.54, 1.807) is 33.2 Å². The molecule has 6 heteroatoms. The summed E-state index contributed by atoms with van der Waals surface area (Å²) in [6.45, 7) is 2.20. The van der Waals surface area contributed by atoms with E-state index in [2.05, 4.69) is 5.32 Å². The van der Waals surface area contributed by atoms with Crippen molar-refractivity contribution in [2.45, 2.75) is 13.3 Å². The van der Waals surface area contributed by atoms with Crippen LogP contribution in [0.5, 0.6) is 0 Å². The van der Waals surface area contributed by atoms with E-state index in [0.29, 0.717) is 18.5 Å². The van der Waals surface area contributed by atoms with Gasteiger partial charge in [0, 0.05) is 44.4 Å². The molecule has 6 nitrogen and oxygen atoms in total. The summed E-state index contributed by atoms with van der Waals surface area (Å²) in [4.78, 5) is 23.1. The highest BCUT2D eigenvalue weighted by Gasteiger charge is 2.10. The Balaban J connectivity index is 2.57. The molecule has 0 aromatic heterocycles. The third-order valence-corrected chi connectivity index (χ3v) is 2.56. The zero-order chi connectivity index (χ0) is 13.7. The van der Waals surface area contributed by atoms with Crippen LogP contribution in [0.1, 0.15) is 12.0 Å². The molecule has 0 radical (unpaired) electrons. The molecule has 1 N–H and O–H groups in total. The number of carbonyl (C=O) groups excluding carboxylic acids is 1. The summed E-state index contributed by atoms with van der Waals surface area (Å²) in [5, 5.41) is 13.7. The van der Waals surface area contributed by atoms with Gasteiger partial charge in [-0.3, -0.25) is 14.9 Å². The van der Waals surface area contributed by atoms with Crippen molar-refractivity contribution < 1.29 is 9.72 Å². The lowest BCUT2D eigenvalue weighted by molar-refractivity contribution is -0.385. The maximum absolute atomic E-state index is 11.3. The molecule has 0 fully saturated rings. The maximum atomic E-state index is 11.3. The van der Waals surface area contributed by atoms with E-state index in [0.717, 1.165) is 5.69 Å². The summed E-state index contributed by atoms with van der Waals surface area (Å²) < 4.78 is 0. The normalized spacial score (nSPS) is 9.94. The molecule has 0 unspecified atom stereocenters. The molecule has 0 bridgehead atoms. The van der Waals surface area contributed by atoms with E-state index in [9.17, 15) is 14.9 Å². The minimum atomic E-state index is -0.408. The summed E-state index contributed by atoms with van der Waals surface area (Å²) in [6.07, 6.45) is 0.392. The van der Waals surface area contributed by atoms with Crippen molar-refractivity contribution in [2.75, 3.05) is 26.0 Å². The average molecular weight is 251 g/mol. The minimum Gasteiger partial charge on any atom is -0.385 e. The number of anilines is 1. The first kappa shape index (κ1) is 14.0. The second kappa shape index (κ2) is 6.00. The van der Waals surface area contributed by atoms with Gasteiger partial charge in [0.1, 0.15) is 0 Å². The quantitative estimate of drug-likeness (QED) is 0.639. The van der Waals surface area contributed by atoms with E-state index >= 15 is 0 Å². The van der Waals surface area contributed by atoms with Crippen LogP contribution in [0.25, 0.3) is 0 Å². The van der Waals surface area contributed by atoms with Crippen LogP contribution in [0, 0.1) is 17.0 Å². The molecule has 0 spiro atoms. The third kappa shape index (κ3) is 3.73. The van der Waals surface area contributed by atoms with Crippen molar-refractivity contribution in [1.82, 2.24) is 4.90 Å². The van der Waals surface area contributed by atoms with Gasteiger partial charge in [-0.2, -0.15) is 0 Å². The van der Waals surface area contributed by atoms with Gasteiger partial charge in [-0.1, -0.05) is 0 Å².